The third-order valence-corrected chi connectivity index (χ3v) is 2.78. The van der Waals surface area contributed by atoms with Gasteiger partial charge in [0, 0.05) is 34.1 Å². The molecule has 1 aromatic heterocycles. The highest BCUT2D eigenvalue weighted by molar-refractivity contribution is 6.31. The van der Waals surface area contributed by atoms with Crippen molar-refractivity contribution in [2.75, 3.05) is 13.2 Å². The number of hydrogen-bond donors (Lipinski definition) is 3. The van der Waals surface area contributed by atoms with Crippen molar-refractivity contribution in [1.29, 1.82) is 0 Å². The van der Waals surface area contributed by atoms with Crippen LogP contribution in [0, 0.1) is 0 Å². The number of aliphatic hydroxyl groups excluding tert-OH is 1. The average Bonchev–Trinajstić information content (AvgIpc) is 2.62. The lowest BCUT2D eigenvalue weighted by molar-refractivity contribution is 0.266. The van der Waals surface area contributed by atoms with Gasteiger partial charge in [0.25, 0.3) is 0 Å². The van der Waals surface area contributed by atoms with Crippen molar-refractivity contribution in [3.05, 3.63) is 35.0 Å². The minimum Gasteiger partial charge on any atom is -0.396 e. The molecule has 0 spiro atoms. The van der Waals surface area contributed by atoms with E-state index in [4.69, 9.17) is 22.4 Å². The zero-order valence-electron chi connectivity index (χ0n) is 8.20. The van der Waals surface area contributed by atoms with Crippen molar-refractivity contribution in [2.24, 2.45) is 5.73 Å². The number of aromatic nitrogens is 1. The van der Waals surface area contributed by atoms with Gasteiger partial charge in [0.2, 0.25) is 0 Å². The topological polar surface area (TPSA) is 62.0 Å². The molecule has 0 amide bonds. The van der Waals surface area contributed by atoms with Crippen LogP contribution in [0.15, 0.2) is 24.3 Å². The number of hydrogen-bond acceptors (Lipinski definition) is 2. The Morgan fingerprint density at radius 2 is 2.20 bits per heavy atom. The summed E-state index contributed by atoms with van der Waals surface area (Å²) in [5, 5.41) is 10.9. The molecule has 0 saturated heterocycles. The van der Waals surface area contributed by atoms with Crippen molar-refractivity contribution in [3.63, 3.8) is 0 Å². The molecule has 4 N–H and O–H groups in total. The minimum atomic E-state index is -0.0313. The summed E-state index contributed by atoms with van der Waals surface area (Å²) in [6.07, 6.45) is 0. The maximum absolute atomic E-state index is 9.13. The Bertz CT molecular complexity index is 463. The molecule has 0 bridgehead atoms. The number of halogens is 1. The van der Waals surface area contributed by atoms with Gasteiger partial charge in [-0.1, -0.05) is 11.6 Å². The van der Waals surface area contributed by atoms with Crippen LogP contribution in [0.4, 0.5) is 0 Å². The highest BCUT2D eigenvalue weighted by atomic mass is 35.5. The third-order valence-electron chi connectivity index (χ3n) is 2.55. The van der Waals surface area contributed by atoms with Gasteiger partial charge in [-0.3, -0.25) is 0 Å². The number of nitrogens with one attached hydrogen (secondary N) is 1. The number of H-pyrrole nitrogens is 1. The molecule has 4 heteroatoms. The second-order valence-electron chi connectivity index (χ2n) is 3.57. The Balaban J connectivity index is 2.46. The molecule has 0 saturated carbocycles. The summed E-state index contributed by atoms with van der Waals surface area (Å²) in [6, 6.07) is 7.63. The highest BCUT2D eigenvalue weighted by Gasteiger charge is 2.11. The van der Waals surface area contributed by atoms with Gasteiger partial charge in [-0.25, -0.2) is 0 Å². The SMILES string of the molecule is NCC(CO)c1cc2cc(Cl)ccc2[nH]1. The van der Waals surface area contributed by atoms with Gasteiger partial charge in [-0.15, -0.1) is 0 Å². The Kier molecular flexibility index (Phi) is 2.95. The molecule has 15 heavy (non-hydrogen) atoms. The molecule has 0 aliphatic carbocycles. The highest BCUT2D eigenvalue weighted by Crippen LogP contribution is 2.23. The molecular weight excluding hydrogens is 212 g/mol. The fourth-order valence-corrected chi connectivity index (χ4v) is 1.83. The lowest BCUT2D eigenvalue weighted by Gasteiger charge is -2.07. The Morgan fingerprint density at radius 3 is 2.87 bits per heavy atom. The molecular formula is C11H13ClN2O. The van der Waals surface area contributed by atoms with Gasteiger partial charge in [-0.2, -0.15) is 0 Å². The zero-order valence-corrected chi connectivity index (χ0v) is 8.96. The van der Waals surface area contributed by atoms with E-state index in [0.717, 1.165) is 16.6 Å². The Labute approximate surface area is 92.9 Å². The fraction of sp³-hybridized carbons (Fsp3) is 0.273. The van der Waals surface area contributed by atoms with Crippen LogP contribution < -0.4 is 5.73 Å². The summed E-state index contributed by atoms with van der Waals surface area (Å²) < 4.78 is 0. The van der Waals surface area contributed by atoms with Gasteiger partial charge in [0.05, 0.1) is 6.61 Å². The van der Waals surface area contributed by atoms with E-state index in [1.807, 2.05) is 24.3 Å². The van der Waals surface area contributed by atoms with E-state index in [-0.39, 0.29) is 12.5 Å². The third kappa shape index (κ3) is 2.00. The van der Waals surface area contributed by atoms with Crippen LogP contribution in [-0.2, 0) is 0 Å². The van der Waals surface area contributed by atoms with Crippen LogP contribution in [0.25, 0.3) is 10.9 Å². The van der Waals surface area contributed by atoms with Crippen LogP contribution in [0.5, 0.6) is 0 Å². The van der Waals surface area contributed by atoms with Crippen LogP contribution in [0.3, 0.4) is 0 Å². The molecule has 2 aromatic rings. The monoisotopic (exact) mass is 224 g/mol. The predicted molar refractivity (Wildman–Crippen MR) is 62.2 cm³/mol. The van der Waals surface area contributed by atoms with Crippen LogP contribution in [0.1, 0.15) is 11.6 Å². The van der Waals surface area contributed by atoms with E-state index in [2.05, 4.69) is 4.98 Å². The van der Waals surface area contributed by atoms with Crippen molar-refractivity contribution in [1.82, 2.24) is 4.98 Å². The molecule has 0 aliphatic rings. The van der Waals surface area contributed by atoms with Gasteiger partial charge < -0.3 is 15.8 Å². The molecule has 3 nitrogen and oxygen atoms in total. The van der Waals surface area contributed by atoms with Crippen LogP contribution in [-0.4, -0.2) is 23.2 Å². The summed E-state index contributed by atoms with van der Waals surface area (Å²) in [5.41, 5.74) is 7.53. The van der Waals surface area contributed by atoms with E-state index >= 15 is 0 Å². The first kappa shape index (κ1) is 10.5. The molecule has 0 aliphatic heterocycles. The number of aromatic amines is 1. The summed E-state index contributed by atoms with van der Waals surface area (Å²) in [4.78, 5) is 3.23. The Hall–Kier alpha value is -1.03. The van der Waals surface area contributed by atoms with E-state index < -0.39 is 0 Å². The second kappa shape index (κ2) is 4.23. The van der Waals surface area contributed by atoms with E-state index in [1.165, 1.54) is 0 Å². The zero-order chi connectivity index (χ0) is 10.8. The molecule has 0 fully saturated rings. The quantitative estimate of drug-likeness (QED) is 0.745. The maximum atomic E-state index is 9.13. The standard InChI is InChI=1S/C11H13ClN2O/c12-9-1-2-10-7(3-9)4-11(14-10)8(5-13)6-15/h1-4,8,14-15H,5-6,13H2. The smallest absolute Gasteiger partial charge is 0.0526 e. The van der Waals surface area contributed by atoms with Crippen molar-refractivity contribution < 1.29 is 5.11 Å². The molecule has 80 valence electrons. The lowest BCUT2D eigenvalue weighted by Crippen LogP contribution is -2.16. The van der Waals surface area contributed by atoms with Crippen molar-refractivity contribution >= 4 is 22.5 Å². The summed E-state index contributed by atoms with van der Waals surface area (Å²) in [5.74, 6) is -0.0313. The van der Waals surface area contributed by atoms with Crippen LogP contribution in [0.2, 0.25) is 5.02 Å². The Morgan fingerprint density at radius 1 is 1.40 bits per heavy atom. The second-order valence-corrected chi connectivity index (χ2v) is 4.01. The molecule has 1 atom stereocenters. The van der Waals surface area contributed by atoms with Gasteiger partial charge in [0.15, 0.2) is 0 Å². The maximum Gasteiger partial charge on any atom is 0.0526 e. The van der Waals surface area contributed by atoms with Crippen molar-refractivity contribution in [3.8, 4) is 0 Å². The molecule has 1 unspecified atom stereocenters. The molecule has 0 radical (unpaired) electrons. The average molecular weight is 225 g/mol. The summed E-state index contributed by atoms with van der Waals surface area (Å²) >= 11 is 5.89. The van der Waals surface area contributed by atoms with E-state index in [1.54, 1.807) is 0 Å². The summed E-state index contributed by atoms with van der Waals surface area (Å²) in [6.45, 7) is 0.480. The van der Waals surface area contributed by atoms with Gasteiger partial charge in [-0.05, 0) is 24.3 Å². The van der Waals surface area contributed by atoms with E-state index in [0.29, 0.717) is 11.6 Å². The van der Waals surface area contributed by atoms with Gasteiger partial charge in [0.1, 0.15) is 0 Å². The summed E-state index contributed by atoms with van der Waals surface area (Å²) in [7, 11) is 0. The first-order valence-corrected chi connectivity index (χ1v) is 5.21. The number of nitrogens with two attached hydrogens (primary N) is 1. The molecule has 2 rings (SSSR count). The normalized spacial score (nSPS) is 13.3. The molecule has 1 aromatic carbocycles. The lowest BCUT2D eigenvalue weighted by atomic mass is 10.1. The molecule has 1 heterocycles. The van der Waals surface area contributed by atoms with Crippen molar-refractivity contribution in [2.45, 2.75) is 5.92 Å². The number of fused-ring (bicyclic) bond motifs is 1. The van der Waals surface area contributed by atoms with Crippen LogP contribution >= 0.6 is 11.6 Å². The van der Waals surface area contributed by atoms with Gasteiger partial charge >= 0.3 is 0 Å². The first-order valence-electron chi connectivity index (χ1n) is 4.83. The number of aliphatic hydroxyl groups is 1. The van der Waals surface area contributed by atoms with E-state index in [9.17, 15) is 0 Å². The minimum absolute atomic E-state index is 0.0313. The number of rotatable bonds is 3. The largest absolute Gasteiger partial charge is 0.396 e. The fourth-order valence-electron chi connectivity index (χ4n) is 1.65. The predicted octanol–water partition coefficient (Wildman–Crippen LogP) is 1.86. The number of benzene rings is 1. The first-order chi connectivity index (χ1) is 7.24.